The molecule has 2 amide bonds. The van der Waals surface area contributed by atoms with Gasteiger partial charge in [-0.15, -0.1) is 0 Å². The maximum Gasteiger partial charge on any atom is 0.257 e. The molecule has 1 aliphatic rings. The van der Waals surface area contributed by atoms with E-state index in [1.807, 2.05) is 24.3 Å². The molecule has 1 atom stereocenters. The van der Waals surface area contributed by atoms with Gasteiger partial charge in [0, 0.05) is 31.2 Å². The van der Waals surface area contributed by atoms with Gasteiger partial charge in [-0.2, -0.15) is 0 Å². The molecule has 1 fully saturated rings. The van der Waals surface area contributed by atoms with Crippen molar-refractivity contribution in [2.24, 2.45) is 5.92 Å². The Morgan fingerprint density at radius 1 is 1.21 bits per heavy atom. The molecule has 3 N–H and O–H groups in total. The van der Waals surface area contributed by atoms with Gasteiger partial charge in [0.2, 0.25) is 5.91 Å². The van der Waals surface area contributed by atoms with Crippen LogP contribution in [0, 0.1) is 5.92 Å². The molecule has 0 radical (unpaired) electrons. The summed E-state index contributed by atoms with van der Waals surface area (Å²) in [4.78, 5) is 28.0. The predicted molar refractivity (Wildman–Crippen MR) is 91.5 cm³/mol. The first kappa shape index (κ1) is 16.1. The number of hydrogen-bond donors (Lipinski definition) is 3. The number of nitrogens with one attached hydrogen (secondary N) is 3. The van der Waals surface area contributed by atoms with Gasteiger partial charge >= 0.3 is 0 Å². The molecule has 3 rings (SSSR count). The molecule has 1 saturated heterocycles. The highest BCUT2D eigenvalue weighted by atomic mass is 16.2. The second kappa shape index (κ2) is 7.70. The molecule has 0 spiro atoms. The minimum absolute atomic E-state index is 0.0723. The summed E-state index contributed by atoms with van der Waals surface area (Å²) in [5.74, 6) is -0.0325. The van der Waals surface area contributed by atoms with E-state index in [1.54, 1.807) is 18.3 Å². The molecule has 6 heteroatoms. The van der Waals surface area contributed by atoms with Crippen molar-refractivity contribution < 1.29 is 9.59 Å². The Labute approximate surface area is 140 Å². The number of hydrogen-bond acceptors (Lipinski definition) is 4. The zero-order chi connectivity index (χ0) is 16.8. The smallest absolute Gasteiger partial charge is 0.257 e. The number of amides is 2. The Kier molecular flexibility index (Phi) is 5.18. The van der Waals surface area contributed by atoms with Crippen LogP contribution in [0.25, 0.3) is 0 Å². The number of rotatable bonds is 5. The van der Waals surface area contributed by atoms with Crippen molar-refractivity contribution in [1.29, 1.82) is 0 Å². The van der Waals surface area contributed by atoms with Gasteiger partial charge in [-0.1, -0.05) is 12.1 Å². The van der Waals surface area contributed by atoms with E-state index in [0.29, 0.717) is 17.8 Å². The summed E-state index contributed by atoms with van der Waals surface area (Å²) in [6.07, 6.45) is 4.05. The first-order valence-electron chi connectivity index (χ1n) is 8.01. The van der Waals surface area contributed by atoms with E-state index >= 15 is 0 Å². The maximum absolute atomic E-state index is 12.0. The number of carbonyl (C=O) groups excluding carboxylic acids is 2. The molecule has 2 aromatic rings. The molecule has 124 valence electrons. The number of carbonyl (C=O) groups is 2. The van der Waals surface area contributed by atoms with Crippen LogP contribution in [0.3, 0.4) is 0 Å². The Balaban J connectivity index is 1.51. The fourth-order valence-electron chi connectivity index (χ4n) is 2.62. The quantitative estimate of drug-likeness (QED) is 0.779. The molecular formula is C18H20N4O2. The number of anilines is 1. The lowest BCUT2D eigenvalue weighted by Crippen LogP contribution is -2.31. The van der Waals surface area contributed by atoms with Crippen molar-refractivity contribution in [2.45, 2.75) is 13.0 Å². The van der Waals surface area contributed by atoms with Crippen molar-refractivity contribution in [3.8, 4) is 0 Å². The van der Waals surface area contributed by atoms with E-state index in [0.717, 1.165) is 25.1 Å². The van der Waals surface area contributed by atoms with Gasteiger partial charge in [0.25, 0.3) is 5.91 Å². The molecular weight excluding hydrogens is 304 g/mol. The molecule has 1 aromatic carbocycles. The van der Waals surface area contributed by atoms with E-state index in [9.17, 15) is 9.59 Å². The van der Waals surface area contributed by atoms with Crippen LogP contribution in [0.5, 0.6) is 0 Å². The van der Waals surface area contributed by atoms with Crippen LogP contribution >= 0.6 is 0 Å². The number of pyridine rings is 1. The van der Waals surface area contributed by atoms with E-state index < -0.39 is 0 Å². The van der Waals surface area contributed by atoms with Crippen LogP contribution in [0.1, 0.15) is 22.3 Å². The van der Waals surface area contributed by atoms with Crippen LogP contribution in [-0.4, -0.2) is 29.9 Å². The molecule has 1 unspecified atom stereocenters. The minimum atomic E-state index is -0.196. The monoisotopic (exact) mass is 324 g/mol. The SMILES string of the molecule is O=C(Nc1ccc(CNC(=O)C2CCNC2)cc1)c1cccnc1. The summed E-state index contributed by atoms with van der Waals surface area (Å²) in [6.45, 7) is 2.15. The topological polar surface area (TPSA) is 83.1 Å². The molecule has 6 nitrogen and oxygen atoms in total. The first-order valence-corrected chi connectivity index (χ1v) is 8.01. The Hall–Kier alpha value is -2.73. The van der Waals surface area contributed by atoms with Crippen molar-refractivity contribution in [3.05, 3.63) is 59.9 Å². The Bertz CT molecular complexity index is 695. The van der Waals surface area contributed by atoms with Gasteiger partial charge in [-0.3, -0.25) is 14.6 Å². The average Bonchev–Trinajstić information content (AvgIpc) is 3.16. The third kappa shape index (κ3) is 4.17. The molecule has 2 heterocycles. The largest absolute Gasteiger partial charge is 0.352 e. The first-order chi connectivity index (χ1) is 11.7. The second-order valence-electron chi connectivity index (χ2n) is 5.80. The lowest BCUT2D eigenvalue weighted by Gasteiger charge is -2.10. The van der Waals surface area contributed by atoms with Gasteiger partial charge in [-0.25, -0.2) is 0 Å². The number of aromatic nitrogens is 1. The summed E-state index contributed by atoms with van der Waals surface area (Å²) < 4.78 is 0. The third-order valence-corrected chi connectivity index (χ3v) is 4.03. The van der Waals surface area contributed by atoms with E-state index in [1.165, 1.54) is 6.20 Å². The van der Waals surface area contributed by atoms with Crippen molar-refractivity contribution in [2.75, 3.05) is 18.4 Å². The van der Waals surface area contributed by atoms with Crippen LogP contribution in [0.2, 0.25) is 0 Å². The summed E-state index contributed by atoms with van der Waals surface area (Å²) in [5, 5.41) is 8.96. The number of nitrogens with zero attached hydrogens (tertiary/aromatic N) is 1. The van der Waals surface area contributed by atoms with E-state index in [2.05, 4.69) is 20.9 Å². The molecule has 0 aliphatic carbocycles. The van der Waals surface area contributed by atoms with Gasteiger partial charge in [0.15, 0.2) is 0 Å². The zero-order valence-electron chi connectivity index (χ0n) is 13.3. The molecule has 1 aliphatic heterocycles. The molecule has 0 saturated carbocycles. The van der Waals surface area contributed by atoms with Crippen molar-refractivity contribution >= 4 is 17.5 Å². The average molecular weight is 324 g/mol. The summed E-state index contributed by atoms with van der Waals surface area (Å²) in [5.41, 5.74) is 2.21. The Morgan fingerprint density at radius 3 is 2.71 bits per heavy atom. The van der Waals surface area contributed by atoms with Gasteiger partial charge in [-0.05, 0) is 42.8 Å². The van der Waals surface area contributed by atoms with Crippen LogP contribution in [-0.2, 0) is 11.3 Å². The van der Waals surface area contributed by atoms with Crippen LogP contribution < -0.4 is 16.0 Å². The summed E-state index contributed by atoms with van der Waals surface area (Å²) >= 11 is 0. The summed E-state index contributed by atoms with van der Waals surface area (Å²) in [7, 11) is 0. The highest BCUT2D eigenvalue weighted by Crippen LogP contribution is 2.12. The number of benzene rings is 1. The standard InChI is InChI=1S/C18H20N4O2/c23-17(15-7-9-20-12-15)21-10-13-3-5-16(6-4-13)22-18(24)14-2-1-8-19-11-14/h1-6,8,11,15,20H,7,9-10,12H2,(H,21,23)(H,22,24). The second-order valence-corrected chi connectivity index (χ2v) is 5.80. The highest BCUT2D eigenvalue weighted by molar-refractivity contribution is 6.04. The lowest BCUT2D eigenvalue weighted by atomic mass is 10.1. The zero-order valence-corrected chi connectivity index (χ0v) is 13.3. The van der Waals surface area contributed by atoms with Gasteiger partial charge < -0.3 is 16.0 Å². The van der Waals surface area contributed by atoms with Gasteiger partial charge in [0.05, 0.1) is 11.5 Å². The lowest BCUT2D eigenvalue weighted by molar-refractivity contribution is -0.124. The normalized spacial score (nSPS) is 16.6. The highest BCUT2D eigenvalue weighted by Gasteiger charge is 2.21. The fraction of sp³-hybridized carbons (Fsp3) is 0.278. The van der Waals surface area contributed by atoms with Crippen molar-refractivity contribution in [1.82, 2.24) is 15.6 Å². The molecule has 1 aromatic heterocycles. The van der Waals surface area contributed by atoms with E-state index in [4.69, 9.17) is 0 Å². The van der Waals surface area contributed by atoms with Crippen molar-refractivity contribution in [3.63, 3.8) is 0 Å². The predicted octanol–water partition coefficient (Wildman–Crippen LogP) is 1.56. The minimum Gasteiger partial charge on any atom is -0.352 e. The molecule has 0 bridgehead atoms. The van der Waals surface area contributed by atoms with Crippen LogP contribution in [0.4, 0.5) is 5.69 Å². The third-order valence-electron chi connectivity index (χ3n) is 4.03. The Morgan fingerprint density at radius 2 is 2.04 bits per heavy atom. The molecule has 24 heavy (non-hydrogen) atoms. The van der Waals surface area contributed by atoms with Crippen LogP contribution in [0.15, 0.2) is 48.8 Å². The van der Waals surface area contributed by atoms with Gasteiger partial charge in [0.1, 0.15) is 0 Å². The van der Waals surface area contributed by atoms with E-state index in [-0.39, 0.29) is 17.7 Å². The maximum atomic E-state index is 12.0. The summed E-state index contributed by atoms with van der Waals surface area (Å²) in [6, 6.07) is 10.9. The fourth-order valence-corrected chi connectivity index (χ4v) is 2.62.